The molecule has 1 atom stereocenters. The zero-order chi connectivity index (χ0) is 18.4. The zero-order valence-electron chi connectivity index (χ0n) is 14.3. The average molecular weight is 342 g/mol. The van der Waals surface area contributed by atoms with Gasteiger partial charge in [-0.1, -0.05) is 13.8 Å². The molecule has 1 heterocycles. The number of aromatic hydroxyl groups is 4. The summed E-state index contributed by atoms with van der Waals surface area (Å²) in [6.07, 6.45) is 1.04. The lowest BCUT2D eigenvalue weighted by molar-refractivity contribution is 0.104. The molecule has 1 aliphatic heterocycles. The van der Waals surface area contributed by atoms with Gasteiger partial charge in [-0.25, -0.2) is 0 Å². The van der Waals surface area contributed by atoms with Gasteiger partial charge in [-0.2, -0.15) is 0 Å². The summed E-state index contributed by atoms with van der Waals surface area (Å²) < 4.78 is 5.90. The number of hydrogen-bond donors (Lipinski definition) is 4. The van der Waals surface area contributed by atoms with E-state index in [1.807, 2.05) is 20.8 Å². The van der Waals surface area contributed by atoms with Gasteiger partial charge in [-0.05, 0) is 25.5 Å². The highest BCUT2D eigenvalue weighted by Crippen LogP contribution is 2.59. The van der Waals surface area contributed by atoms with Crippen molar-refractivity contribution < 1.29 is 30.0 Å². The maximum Gasteiger partial charge on any atom is 0.201 e. The first-order chi connectivity index (χ1) is 11.6. The van der Waals surface area contributed by atoms with Crippen LogP contribution in [0, 0.1) is 0 Å². The van der Waals surface area contributed by atoms with E-state index in [0.29, 0.717) is 11.1 Å². The molecule has 4 rings (SSSR count). The van der Waals surface area contributed by atoms with Crippen molar-refractivity contribution in [3.63, 3.8) is 0 Å². The summed E-state index contributed by atoms with van der Waals surface area (Å²) in [7, 11) is 0. The lowest BCUT2D eigenvalue weighted by Gasteiger charge is -2.25. The third-order valence-electron chi connectivity index (χ3n) is 5.54. The Morgan fingerprint density at radius 1 is 0.960 bits per heavy atom. The van der Waals surface area contributed by atoms with Gasteiger partial charge < -0.3 is 25.2 Å². The van der Waals surface area contributed by atoms with Crippen LogP contribution in [0.2, 0.25) is 0 Å². The third kappa shape index (κ3) is 1.61. The third-order valence-corrected chi connectivity index (χ3v) is 5.54. The Hall–Kier alpha value is -2.89. The number of rotatable bonds is 0. The van der Waals surface area contributed by atoms with Crippen molar-refractivity contribution in [2.45, 2.75) is 39.2 Å². The molecule has 0 radical (unpaired) electrons. The molecule has 0 fully saturated rings. The number of allylic oxidation sites excluding steroid dienone is 2. The van der Waals surface area contributed by atoms with E-state index in [0.717, 1.165) is 0 Å². The number of carbonyl (C=O) groups excluding carboxylic acids is 1. The number of phenols is 4. The molecule has 25 heavy (non-hydrogen) atoms. The van der Waals surface area contributed by atoms with Crippen LogP contribution in [0.1, 0.15) is 49.2 Å². The van der Waals surface area contributed by atoms with Crippen LogP contribution >= 0.6 is 0 Å². The summed E-state index contributed by atoms with van der Waals surface area (Å²) in [4.78, 5) is 12.7. The first-order valence-electron chi connectivity index (χ1n) is 7.98. The molecule has 0 saturated heterocycles. The lowest BCUT2D eigenvalue weighted by Crippen LogP contribution is -2.28. The maximum absolute atomic E-state index is 12.7. The highest BCUT2D eigenvalue weighted by atomic mass is 16.5. The second kappa shape index (κ2) is 4.39. The van der Waals surface area contributed by atoms with E-state index in [1.54, 1.807) is 6.92 Å². The molecule has 0 bridgehead atoms. The Kier molecular flexibility index (Phi) is 2.74. The van der Waals surface area contributed by atoms with Crippen molar-refractivity contribution in [1.29, 1.82) is 0 Å². The second-order valence-corrected chi connectivity index (χ2v) is 7.27. The zero-order valence-corrected chi connectivity index (χ0v) is 14.3. The fraction of sp³-hybridized carbons (Fsp3) is 0.316. The van der Waals surface area contributed by atoms with Crippen molar-refractivity contribution in [2.75, 3.05) is 0 Å². The predicted octanol–water partition coefficient (Wildman–Crippen LogP) is 3.32. The minimum absolute atomic E-state index is 0.0503. The maximum atomic E-state index is 12.7. The summed E-state index contributed by atoms with van der Waals surface area (Å²) in [5.74, 6) is -2.23. The Labute approximate surface area is 143 Å². The smallest absolute Gasteiger partial charge is 0.201 e. The number of hydrogen-bond acceptors (Lipinski definition) is 6. The Balaban J connectivity index is 2.35. The summed E-state index contributed by atoms with van der Waals surface area (Å²) in [6.45, 7) is 7.19. The molecular weight excluding hydrogens is 324 g/mol. The molecule has 6 nitrogen and oxygen atoms in total. The molecule has 1 aliphatic carbocycles. The molecule has 130 valence electrons. The van der Waals surface area contributed by atoms with Crippen molar-refractivity contribution in [3.05, 3.63) is 22.8 Å². The van der Waals surface area contributed by atoms with Crippen LogP contribution in [0.5, 0.6) is 28.7 Å². The fourth-order valence-corrected chi connectivity index (χ4v) is 3.87. The van der Waals surface area contributed by atoms with Gasteiger partial charge in [0.2, 0.25) is 5.75 Å². The molecule has 2 aliphatic rings. The monoisotopic (exact) mass is 342 g/mol. The van der Waals surface area contributed by atoms with Crippen LogP contribution in [0.3, 0.4) is 0 Å². The van der Waals surface area contributed by atoms with Gasteiger partial charge in [0.25, 0.3) is 0 Å². The Bertz CT molecular complexity index is 1030. The van der Waals surface area contributed by atoms with Crippen LogP contribution in [0.4, 0.5) is 0 Å². The molecule has 2 aromatic rings. The quantitative estimate of drug-likeness (QED) is 0.547. The normalized spacial score (nSPS) is 20.4. The Morgan fingerprint density at radius 3 is 2.24 bits per heavy atom. The van der Waals surface area contributed by atoms with Gasteiger partial charge in [-0.3, -0.25) is 4.79 Å². The highest BCUT2D eigenvalue weighted by Gasteiger charge is 2.46. The standard InChI is InChI=1S/C19H18O6/c1-6-5-8(20)10-11-9(6)15(22)17(24)16(23)12(11)14(21)13-18(10)25-7(2)19(13,3)4/h5,7,21-24H,1-4H3. The summed E-state index contributed by atoms with van der Waals surface area (Å²) in [6, 6.07) is 0. The van der Waals surface area contributed by atoms with Gasteiger partial charge in [0.15, 0.2) is 17.3 Å². The topological polar surface area (TPSA) is 107 Å². The van der Waals surface area contributed by atoms with E-state index in [1.165, 1.54) is 6.08 Å². The molecule has 0 spiro atoms. The van der Waals surface area contributed by atoms with E-state index in [-0.39, 0.29) is 45.3 Å². The summed E-state index contributed by atoms with van der Waals surface area (Å²) in [5, 5.41) is 41.8. The lowest BCUT2D eigenvalue weighted by atomic mass is 9.77. The molecule has 0 aromatic heterocycles. The SMILES string of the molecule is CC1=CC(=O)c2c3c(c(O)c4c(O)c(O)c(O)c1c24)C(C)(C)C(C)O3. The molecule has 2 aromatic carbocycles. The number of phenolic OH excluding ortho intramolecular Hbond substituents is 4. The number of ketones is 1. The second-order valence-electron chi connectivity index (χ2n) is 7.27. The predicted molar refractivity (Wildman–Crippen MR) is 91.7 cm³/mol. The largest absolute Gasteiger partial charge is 0.507 e. The molecule has 0 amide bonds. The average Bonchev–Trinajstić information content (AvgIpc) is 2.74. The summed E-state index contributed by atoms with van der Waals surface area (Å²) in [5.41, 5.74) is 0.626. The van der Waals surface area contributed by atoms with Crippen LogP contribution in [-0.4, -0.2) is 32.3 Å². The minimum atomic E-state index is -0.726. The molecule has 4 N–H and O–H groups in total. The molecule has 6 heteroatoms. The van der Waals surface area contributed by atoms with Gasteiger partial charge in [0.05, 0.1) is 10.9 Å². The van der Waals surface area contributed by atoms with Crippen LogP contribution in [0.15, 0.2) is 6.08 Å². The molecule has 1 unspecified atom stereocenters. The number of carbonyl (C=O) groups is 1. The fourth-order valence-electron chi connectivity index (χ4n) is 3.87. The Morgan fingerprint density at radius 2 is 1.60 bits per heavy atom. The molecule has 0 saturated carbocycles. The number of ether oxygens (including phenoxy) is 1. The van der Waals surface area contributed by atoms with E-state index in [9.17, 15) is 25.2 Å². The first-order valence-corrected chi connectivity index (χ1v) is 7.98. The van der Waals surface area contributed by atoms with Gasteiger partial charge >= 0.3 is 0 Å². The highest BCUT2D eigenvalue weighted by molar-refractivity contribution is 6.26. The van der Waals surface area contributed by atoms with Crippen molar-refractivity contribution >= 4 is 22.1 Å². The van der Waals surface area contributed by atoms with E-state index in [2.05, 4.69) is 0 Å². The molecular formula is C19H18O6. The van der Waals surface area contributed by atoms with Crippen molar-refractivity contribution in [1.82, 2.24) is 0 Å². The van der Waals surface area contributed by atoms with Crippen molar-refractivity contribution in [3.8, 4) is 28.7 Å². The van der Waals surface area contributed by atoms with E-state index >= 15 is 0 Å². The summed E-state index contributed by atoms with van der Waals surface area (Å²) >= 11 is 0. The number of fused-ring (bicyclic) bond motifs is 2. The minimum Gasteiger partial charge on any atom is -0.507 e. The van der Waals surface area contributed by atoms with E-state index in [4.69, 9.17) is 4.74 Å². The van der Waals surface area contributed by atoms with Gasteiger partial charge in [-0.15, -0.1) is 0 Å². The number of benzene rings is 2. The van der Waals surface area contributed by atoms with Gasteiger partial charge in [0, 0.05) is 21.9 Å². The van der Waals surface area contributed by atoms with Crippen LogP contribution in [0.25, 0.3) is 16.3 Å². The first kappa shape index (κ1) is 15.6. The van der Waals surface area contributed by atoms with Crippen LogP contribution < -0.4 is 4.74 Å². The van der Waals surface area contributed by atoms with E-state index < -0.39 is 22.7 Å². The van der Waals surface area contributed by atoms with Gasteiger partial charge in [0.1, 0.15) is 17.6 Å². The van der Waals surface area contributed by atoms with Crippen LogP contribution in [-0.2, 0) is 5.41 Å². The van der Waals surface area contributed by atoms with Crippen molar-refractivity contribution in [2.24, 2.45) is 0 Å².